The third kappa shape index (κ3) is 3.09. The van der Waals surface area contributed by atoms with Crippen LogP contribution in [0.25, 0.3) is 0 Å². The molecule has 2 N–H and O–H groups in total. The topological polar surface area (TPSA) is 46.3 Å². The Bertz CT molecular complexity index is 730. The zero-order chi connectivity index (χ0) is 16.5. The Morgan fingerprint density at radius 1 is 1.08 bits per heavy atom. The van der Waals surface area contributed by atoms with Crippen LogP contribution in [0.4, 0.5) is 0 Å². The number of hydrogen-bond donors (Lipinski definition) is 1. The second kappa shape index (κ2) is 6.40. The minimum atomic E-state index is -0.339. The first kappa shape index (κ1) is 15.4. The van der Waals surface area contributed by atoms with E-state index in [-0.39, 0.29) is 5.91 Å². The summed E-state index contributed by atoms with van der Waals surface area (Å²) in [4.78, 5) is 14.0. The molecule has 0 bridgehead atoms. The highest BCUT2D eigenvalue weighted by Crippen LogP contribution is 2.30. The molecule has 1 heterocycles. The van der Waals surface area contributed by atoms with Gasteiger partial charge in [-0.25, -0.2) is 0 Å². The van der Waals surface area contributed by atoms with Crippen molar-refractivity contribution in [1.82, 2.24) is 4.90 Å². The van der Waals surface area contributed by atoms with Gasteiger partial charge in [0.15, 0.2) is 0 Å². The molecule has 1 amide bonds. The number of rotatable bonds is 4. The number of nitrogens with two attached hydrogens (primary N) is 1. The van der Waals surface area contributed by atoms with Crippen molar-refractivity contribution in [3.05, 3.63) is 70.8 Å². The molecule has 0 spiro atoms. The van der Waals surface area contributed by atoms with Crippen LogP contribution in [0.1, 0.15) is 33.5 Å². The Balaban J connectivity index is 1.37. The zero-order valence-corrected chi connectivity index (χ0v) is 13.9. The standard InChI is InChI=1S/C21H24N2O/c22-21(24)19-7-3-4-15(11-19)10-16-8-9-23(14-16)20-12-17-5-1-2-6-18(17)13-20/h1-7,11,16,20H,8-10,12-14H2,(H2,22,24). The minimum absolute atomic E-state index is 0.339. The Kier molecular flexibility index (Phi) is 4.11. The summed E-state index contributed by atoms with van der Waals surface area (Å²) in [6.07, 6.45) is 4.67. The molecule has 0 radical (unpaired) electrons. The predicted octanol–water partition coefficient (Wildman–Crippen LogP) is 2.82. The number of carbonyl (C=O) groups is 1. The van der Waals surface area contributed by atoms with Crippen molar-refractivity contribution in [2.24, 2.45) is 11.7 Å². The fourth-order valence-corrected chi connectivity index (χ4v) is 4.34. The van der Waals surface area contributed by atoms with Gasteiger partial charge in [0, 0.05) is 18.2 Å². The number of primary amides is 1. The molecule has 1 atom stereocenters. The average Bonchev–Trinajstić information content (AvgIpc) is 3.21. The van der Waals surface area contributed by atoms with E-state index in [1.807, 2.05) is 12.1 Å². The van der Waals surface area contributed by atoms with Crippen LogP contribution in [0.5, 0.6) is 0 Å². The van der Waals surface area contributed by atoms with Gasteiger partial charge in [0.25, 0.3) is 0 Å². The Morgan fingerprint density at radius 3 is 2.54 bits per heavy atom. The Hall–Kier alpha value is -2.13. The molecule has 2 aliphatic rings. The van der Waals surface area contributed by atoms with E-state index in [0.29, 0.717) is 17.5 Å². The van der Waals surface area contributed by atoms with Crippen LogP contribution < -0.4 is 5.73 Å². The van der Waals surface area contributed by atoms with Crippen molar-refractivity contribution in [2.45, 2.75) is 31.7 Å². The lowest BCUT2D eigenvalue weighted by molar-refractivity contribution is 0.1000. The minimum Gasteiger partial charge on any atom is -0.366 e. The van der Waals surface area contributed by atoms with E-state index in [0.717, 1.165) is 6.42 Å². The molecule has 3 heteroatoms. The monoisotopic (exact) mass is 320 g/mol. The highest BCUT2D eigenvalue weighted by Gasteiger charge is 2.32. The van der Waals surface area contributed by atoms with Gasteiger partial charge in [-0.15, -0.1) is 0 Å². The Labute approximate surface area is 143 Å². The molecule has 1 fully saturated rings. The van der Waals surface area contributed by atoms with Gasteiger partial charge in [-0.05, 0) is 67.0 Å². The van der Waals surface area contributed by atoms with Crippen LogP contribution in [0, 0.1) is 5.92 Å². The quantitative estimate of drug-likeness (QED) is 0.941. The third-order valence-electron chi connectivity index (χ3n) is 5.60. The van der Waals surface area contributed by atoms with Crippen molar-refractivity contribution in [3.63, 3.8) is 0 Å². The van der Waals surface area contributed by atoms with E-state index in [9.17, 15) is 4.79 Å². The molecule has 1 aliphatic carbocycles. The van der Waals surface area contributed by atoms with E-state index in [4.69, 9.17) is 5.73 Å². The highest BCUT2D eigenvalue weighted by molar-refractivity contribution is 5.92. The van der Waals surface area contributed by atoms with E-state index >= 15 is 0 Å². The van der Waals surface area contributed by atoms with Gasteiger partial charge >= 0.3 is 0 Å². The summed E-state index contributed by atoms with van der Waals surface area (Å²) in [6.45, 7) is 2.36. The van der Waals surface area contributed by atoms with Gasteiger partial charge < -0.3 is 5.73 Å². The zero-order valence-electron chi connectivity index (χ0n) is 13.9. The number of amides is 1. The molecule has 1 saturated heterocycles. The summed E-state index contributed by atoms with van der Waals surface area (Å²) in [7, 11) is 0. The van der Waals surface area contributed by atoms with Crippen molar-refractivity contribution in [1.29, 1.82) is 0 Å². The fraction of sp³-hybridized carbons (Fsp3) is 0.381. The molecule has 1 aliphatic heterocycles. The summed E-state index contributed by atoms with van der Waals surface area (Å²) in [5, 5.41) is 0. The van der Waals surface area contributed by atoms with Gasteiger partial charge in [-0.1, -0.05) is 36.4 Å². The fourth-order valence-electron chi connectivity index (χ4n) is 4.34. The van der Waals surface area contributed by atoms with E-state index < -0.39 is 0 Å². The summed E-state index contributed by atoms with van der Waals surface area (Å²) >= 11 is 0. The third-order valence-corrected chi connectivity index (χ3v) is 5.60. The largest absolute Gasteiger partial charge is 0.366 e. The maximum absolute atomic E-state index is 11.3. The molecule has 0 saturated carbocycles. The maximum atomic E-state index is 11.3. The molecule has 3 nitrogen and oxygen atoms in total. The summed E-state index contributed by atoms with van der Waals surface area (Å²) < 4.78 is 0. The first-order valence-electron chi connectivity index (χ1n) is 8.88. The number of carbonyl (C=O) groups excluding carboxylic acids is 1. The first-order chi connectivity index (χ1) is 11.7. The second-order valence-electron chi connectivity index (χ2n) is 7.25. The lowest BCUT2D eigenvalue weighted by Crippen LogP contribution is -2.34. The maximum Gasteiger partial charge on any atom is 0.248 e. The number of nitrogens with zero attached hydrogens (tertiary/aromatic N) is 1. The molecule has 24 heavy (non-hydrogen) atoms. The second-order valence-corrected chi connectivity index (χ2v) is 7.25. The van der Waals surface area contributed by atoms with E-state index in [1.165, 1.54) is 49.0 Å². The van der Waals surface area contributed by atoms with Crippen LogP contribution in [0.2, 0.25) is 0 Å². The van der Waals surface area contributed by atoms with Crippen molar-refractivity contribution in [2.75, 3.05) is 13.1 Å². The SMILES string of the molecule is NC(=O)c1cccc(CC2CCN(C3Cc4ccccc4C3)C2)c1. The average molecular weight is 320 g/mol. The lowest BCUT2D eigenvalue weighted by Gasteiger charge is -2.23. The number of fused-ring (bicyclic) bond motifs is 1. The molecule has 1 unspecified atom stereocenters. The van der Waals surface area contributed by atoms with Gasteiger partial charge in [-0.3, -0.25) is 9.69 Å². The Morgan fingerprint density at radius 2 is 1.83 bits per heavy atom. The van der Waals surface area contributed by atoms with Crippen molar-refractivity contribution in [3.8, 4) is 0 Å². The van der Waals surface area contributed by atoms with Crippen LogP contribution in [0.3, 0.4) is 0 Å². The normalized spacial score (nSPS) is 21.1. The van der Waals surface area contributed by atoms with Crippen molar-refractivity contribution >= 4 is 5.91 Å². The summed E-state index contributed by atoms with van der Waals surface area (Å²) in [6, 6.07) is 17.3. The van der Waals surface area contributed by atoms with Crippen molar-refractivity contribution < 1.29 is 4.79 Å². The van der Waals surface area contributed by atoms with Crippen LogP contribution in [-0.2, 0) is 19.3 Å². The van der Waals surface area contributed by atoms with Crippen LogP contribution >= 0.6 is 0 Å². The van der Waals surface area contributed by atoms with Crippen LogP contribution in [-0.4, -0.2) is 29.9 Å². The highest BCUT2D eigenvalue weighted by atomic mass is 16.1. The number of likely N-dealkylation sites (tertiary alicyclic amines) is 1. The molecule has 4 rings (SSSR count). The number of benzene rings is 2. The van der Waals surface area contributed by atoms with Gasteiger partial charge in [0.05, 0.1) is 0 Å². The van der Waals surface area contributed by atoms with Gasteiger partial charge in [0.2, 0.25) is 5.91 Å². The smallest absolute Gasteiger partial charge is 0.248 e. The first-order valence-corrected chi connectivity index (χ1v) is 8.88. The van der Waals surface area contributed by atoms with E-state index in [2.05, 4.69) is 35.2 Å². The van der Waals surface area contributed by atoms with Gasteiger partial charge in [0.1, 0.15) is 0 Å². The van der Waals surface area contributed by atoms with Gasteiger partial charge in [-0.2, -0.15) is 0 Å². The van der Waals surface area contributed by atoms with Crippen LogP contribution in [0.15, 0.2) is 48.5 Å². The predicted molar refractivity (Wildman–Crippen MR) is 96.0 cm³/mol. The molecule has 0 aromatic heterocycles. The molecule has 124 valence electrons. The number of hydrogen-bond acceptors (Lipinski definition) is 2. The molecule has 2 aromatic carbocycles. The summed E-state index contributed by atoms with van der Waals surface area (Å²) in [5.74, 6) is 0.338. The molecular weight excluding hydrogens is 296 g/mol. The summed E-state index contributed by atoms with van der Waals surface area (Å²) in [5.41, 5.74) is 10.3. The molecule has 2 aromatic rings. The lowest BCUT2D eigenvalue weighted by atomic mass is 9.97. The van der Waals surface area contributed by atoms with E-state index in [1.54, 1.807) is 6.07 Å². The molecular formula is C21H24N2O.